The minimum atomic E-state index is -1.21. The van der Waals surface area contributed by atoms with Crippen LogP contribution in [0.1, 0.15) is 54.5 Å². The maximum absolute atomic E-state index is 15.5. The van der Waals surface area contributed by atoms with Crippen LogP contribution in [0.3, 0.4) is 0 Å². The number of nitrogens with one attached hydrogen (secondary N) is 2. The number of halogens is 1. The highest BCUT2D eigenvalue weighted by Gasteiger charge is 2.33. The van der Waals surface area contributed by atoms with Gasteiger partial charge in [0.2, 0.25) is 11.9 Å². The molecule has 1 fully saturated rings. The number of pyridine rings is 1. The van der Waals surface area contributed by atoms with Crippen molar-refractivity contribution in [3.8, 4) is 11.1 Å². The number of hydrogen-bond donors (Lipinski definition) is 2. The first-order chi connectivity index (χ1) is 21.4. The van der Waals surface area contributed by atoms with Crippen LogP contribution < -0.4 is 10.6 Å². The SMILES string of the molecule is COCCn1nccc1C(=O)N[C@H](C(=O)Nc1ccc(-c2c(C)nn(COCC[Si](C)(C)C)c2C)c(F)n1)[C@H]1CC[C@H](C)CC1. The maximum atomic E-state index is 15.5. The van der Waals surface area contributed by atoms with E-state index in [4.69, 9.17) is 9.47 Å². The number of nitrogens with zero attached hydrogens (tertiary/aromatic N) is 5. The van der Waals surface area contributed by atoms with E-state index in [1.165, 1.54) is 0 Å². The predicted molar refractivity (Wildman–Crippen MR) is 174 cm³/mol. The second kappa shape index (κ2) is 15.2. The lowest BCUT2D eigenvalue weighted by Crippen LogP contribution is -2.49. The van der Waals surface area contributed by atoms with Gasteiger partial charge in [-0.3, -0.25) is 14.3 Å². The van der Waals surface area contributed by atoms with Gasteiger partial charge >= 0.3 is 0 Å². The third-order valence-electron chi connectivity index (χ3n) is 8.52. The Morgan fingerprint density at radius 2 is 1.82 bits per heavy atom. The van der Waals surface area contributed by atoms with E-state index in [1.807, 2.05) is 13.8 Å². The van der Waals surface area contributed by atoms with Gasteiger partial charge in [-0.15, -0.1) is 0 Å². The lowest BCUT2D eigenvalue weighted by atomic mass is 9.79. The van der Waals surface area contributed by atoms with Crippen LogP contribution in [0.15, 0.2) is 24.4 Å². The van der Waals surface area contributed by atoms with E-state index in [9.17, 15) is 9.59 Å². The summed E-state index contributed by atoms with van der Waals surface area (Å²) in [6, 6.07) is 5.04. The first-order valence-electron chi connectivity index (χ1n) is 15.8. The number of anilines is 1. The largest absolute Gasteiger partial charge is 0.383 e. The van der Waals surface area contributed by atoms with Gasteiger partial charge in [-0.05, 0) is 62.8 Å². The molecule has 0 unspecified atom stereocenters. The number of hydrogen-bond acceptors (Lipinski definition) is 7. The Labute approximate surface area is 266 Å². The summed E-state index contributed by atoms with van der Waals surface area (Å²) >= 11 is 0. The Kier molecular flexibility index (Phi) is 11.7. The molecule has 0 saturated heterocycles. The van der Waals surface area contributed by atoms with E-state index in [1.54, 1.807) is 40.9 Å². The molecule has 2 N–H and O–H groups in total. The minimum absolute atomic E-state index is 0.0614. The molecule has 0 spiro atoms. The van der Waals surface area contributed by atoms with Crippen molar-refractivity contribution in [1.82, 2.24) is 29.9 Å². The zero-order chi connectivity index (χ0) is 32.7. The van der Waals surface area contributed by atoms with Gasteiger partial charge in [0.25, 0.3) is 5.91 Å². The van der Waals surface area contributed by atoms with Gasteiger partial charge < -0.3 is 20.1 Å². The van der Waals surface area contributed by atoms with E-state index in [0.29, 0.717) is 54.9 Å². The zero-order valence-corrected chi connectivity index (χ0v) is 28.7. The fourth-order valence-corrected chi connectivity index (χ4v) is 6.51. The highest BCUT2D eigenvalue weighted by Crippen LogP contribution is 2.32. The van der Waals surface area contributed by atoms with Gasteiger partial charge in [-0.2, -0.15) is 14.6 Å². The van der Waals surface area contributed by atoms with Crippen molar-refractivity contribution in [2.24, 2.45) is 11.8 Å². The topological polar surface area (TPSA) is 125 Å². The number of ether oxygens (including phenoxy) is 2. The summed E-state index contributed by atoms with van der Waals surface area (Å²) in [6.45, 7) is 14.6. The lowest BCUT2D eigenvalue weighted by molar-refractivity contribution is -0.119. The normalized spacial score (nSPS) is 17.7. The van der Waals surface area contributed by atoms with Crippen molar-refractivity contribution < 1.29 is 23.5 Å². The highest BCUT2D eigenvalue weighted by atomic mass is 28.3. The van der Waals surface area contributed by atoms with Crippen LogP contribution in [0.25, 0.3) is 11.1 Å². The van der Waals surface area contributed by atoms with E-state index in [-0.39, 0.29) is 11.7 Å². The number of methoxy groups -OCH3 is 1. The molecular formula is C32H48FN7O4Si. The molecule has 0 aliphatic heterocycles. The average Bonchev–Trinajstić information content (AvgIpc) is 3.56. The molecule has 1 aliphatic rings. The molecule has 1 aliphatic carbocycles. The molecular weight excluding hydrogens is 593 g/mol. The Hall–Kier alpha value is -3.42. The Morgan fingerprint density at radius 1 is 1.09 bits per heavy atom. The Morgan fingerprint density at radius 3 is 2.49 bits per heavy atom. The maximum Gasteiger partial charge on any atom is 0.270 e. The van der Waals surface area contributed by atoms with Crippen LogP contribution in [0.5, 0.6) is 0 Å². The molecule has 11 nitrogen and oxygen atoms in total. The zero-order valence-electron chi connectivity index (χ0n) is 27.7. The second-order valence-corrected chi connectivity index (χ2v) is 18.9. The fraction of sp³-hybridized carbons (Fsp3) is 0.594. The summed E-state index contributed by atoms with van der Waals surface area (Å²) in [7, 11) is 0.371. The molecule has 0 aromatic carbocycles. The van der Waals surface area contributed by atoms with Crippen molar-refractivity contribution in [3.63, 3.8) is 0 Å². The van der Waals surface area contributed by atoms with Crippen molar-refractivity contribution in [3.05, 3.63) is 47.4 Å². The van der Waals surface area contributed by atoms with Gasteiger partial charge in [-0.25, -0.2) is 9.67 Å². The summed E-state index contributed by atoms with van der Waals surface area (Å²) in [4.78, 5) is 31.1. The minimum Gasteiger partial charge on any atom is -0.383 e. The summed E-state index contributed by atoms with van der Waals surface area (Å²) < 4.78 is 29.8. The van der Waals surface area contributed by atoms with E-state index in [0.717, 1.165) is 37.4 Å². The van der Waals surface area contributed by atoms with Crippen molar-refractivity contribution in [1.29, 1.82) is 0 Å². The summed E-state index contributed by atoms with van der Waals surface area (Å²) in [5.74, 6) is -0.967. The molecule has 3 aromatic rings. The van der Waals surface area contributed by atoms with E-state index < -0.39 is 31.9 Å². The molecule has 45 heavy (non-hydrogen) atoms. The quantitative estimate of drug-likeness (QED) is 0.137. The Balaban J connectivity index is 1.49. The van der Waals surface area contributed by atoms with Crippen LogP contribution >= 0.6 is 0 Å². The molecule has 1 saturated carbocycles. The second-order valence-electron chi connectivity index (χ2n) is 13.3. The molecule has 3 aromatic heterocycles. The first kappa shape index (κ1) is 34.5. The molecule has 4 rings (SSSR count). The van der Waals surface area contributed by atoms with E-state index in [2.05, 4.69) is 52.4 Å². The van der Waals surface area contributed by atoms with Gasteiger partial charge in [0.15, 0.2) is 0 Å². The molecule has 2 amide bonds. The number of amides is 2. The van der Waals surface area contributed by atoms with Crippen LogP contribution in [-0.4, -0.2) is 70.8 Å². The van der Waals surface area contributed by atoms with Crippen LogP contribution in [0.2, 0.25) is 25.7 Å². The number of aromatic nitrogens is 5. The van der Waals surface area contributed by atoms with Crippen LogP contribution in [-0.2, 0) is 27.5 Å². The molecule has 1 atom stereocenters. The first-order valence-corrected chi connectivity index (χ1v) is 19.5. The molecule has 246 valence electrons. The number of aryl methyl sites for hydroxylation is 1. The third-order valence-corrected chi connectivity index (χ3v) is 10.2. The number of carbonyl (C=O) groups is 2. The third kappa shape index (κ3) is 9.07. The predicted octanol–water partition coefficient (Wildman–Crippen LogP) is 5.42. The Bertz CT molecular complexity index is 1460. The summed E-state index contributed by atoms with van der Waals surface area (Å²) in [5, 5.41) is 14.5. The van der Waals surface area contributed by atoms with Crippen molar-refractivity contribution >= 4 is 25.7 Å². The van der Waals surface area contributed by atoms with Crippen molar-refractivity contribution in [2.45, 2.75) is 91.5 Å². The van der Waals surface area contributed by atoms with Gasteiger partial charge in [0.05, 0.1) is 18.8 Å². The fourth-order valence-electron chi connectivity index (χ4n) is 5.75. The van der Waals surface area contributed by atoms with Gasteiger partial charge in [0.1, 0.15) is 24.3 Å². The molecule has 0 radical (unpaired) electrons. The van der Waals surface area contributed by atoms with Crippen molar-refractivity contribution in [2.75, 3.05) is 25.6 Å². The summed E-state index contributed by atoms with van der Waals surface area (Å²) in [6.07, 6.45) is 5.08. The smallest absolute Gasteiger partial charge is 0.270 e. The molecule has 3 heterocycles. The monoisotopic (exact) mass is 641 g/mol. The highest BCUT2D eigenvalue weighted by molar-refractivity contribution is 6.76. The number of rotatable bonds is 14. The average molecular weight is 642 g/mol. The van der Waals surface area contributed by atoms with Gasteiger partial charge in [0, 0.05) is 44.8 Å². The lowest BCUT2D eigenvalue weighted by Gasteiger charge is -2.32. The summed E-state index contributed by atoms with van der Waals surface area (Å²) in [5.41, 5.74) is 2.73. The van der Waals surface area contributed by atoms with Gasteiger partial charge in [-0.1, -0.05) is 39.4 Å². The standard InChI is InChI=1S/C32H48FN7O4Si/c1-21-8-10-24(11-9-21)29(37-31(41)26-14-15-34-39(26)16-17-43-4)32(42)36-27-13-12-25(30(33)35-27)28-22(2)38-40(23(28)3)20-44-18-19-45(5,6)7/h12-15,21,24,29H,8-11,16-20H2,1-7H3,(H,37,41)(H,35,36,42)/t21-,24-,29-/m0/s1. The molecule has 13 heteroatoms. The van der Waals surface area contributed by atoms with Crippen LogP contribution in [0, 0.1) is 31.6 Å². The molecule has 0 bridgehead atoms. The van der Waals surface area contributed by atoms with E-state index >= 15 is 4.39 Å². The number of carbonyl (C=O) groups excluding carboxylic acids is 2. The van der Waals surface area contributed by atoms with Crippen LogP contribution in [0.4, 0.5) is 10.2 Å².